The van der Waals surface area contributed by atoms with Crippen LogP contribution >= 0.6 is 0 Å². The van der Waals surface area contributed by atoms with Gasteiger partial charge in [-0.2, -0.15) is 0 Å². The number of anilines is 3. The van der Waals surface area contributed by atoms with E-state index in [2.05, 4.69) is 0 Å². The van der Waals surface area contributed by atoms with E-state index in [1.165, 1.54) is 0 Å². The van der Waals surface area contributed by atoms with Gasteiger partial charge in [0.15, 0.2) is 0 Å². The van der Waals surface area contributed by atoms with Crippen LogP contribution in [0.3, 0.4) is 0 Å². The molecule has 0 spiro atoms. The molecule has 0 amide bonds. The second-order valence-electron chi connectivity index (χ2n) is 14.3. The summed E-state index contributed by atoms with van der Waals surface area (Å²) in [5.41, 5.74) is -17.5. The second-order valence-corrected chi connectivity index (χ2v) is 14.3. The molecule has 1 heterocycles. The number of nitrogens with zero attached hydrogens (tertiary/aromatic N) is 1. The van der Waals surface area contributed by atoms with Crippen molar-refractivity contribution in [3.63, 3.8) is 0 Å². The Morgan fingerprint density at radius 2 is 1.23 bits per heavy atom. The third kappa shape index (κ3) is 5.01. The van der Waals surface area contributed by atoms with Gasteiger partial charge < -0.3 is 9.32 Å². The predicted octanol–water partition coefficient (Wildman–Crippen LogP) is 16.2. The van der Waals surface area contributed by atoms with Gasteiger partial charge in [-0.15, -0.1) is 0 Å². The molecule has 12 rings (SSSR count). The van der Waals surface area contributed by atoms with E-state index < -0.39 is 254 Å². The van der Waals surface area contributed by atoms with Crippen molar-refractivity contribution in [3.8, 4) is 44.5 Å². The molecule has 2 aliphatic rings. The molecule has 0 bridgehead atoms. The number of furan rings is 1. The monoisotopic (exact) mass is 803 g/mol. The third-order valence-electron chi connectivity index (χ3n) is 10.9. The summed E-state index contributed by atoms with van der Waals surface area (Å²) < 4.78 is 308. The van der Waals surface area contributed by atoms with Crippen molar-refractivity contribution in [2.45, 2.75) is 38.2 Å². The smallest absolute Gasteiger partial charge is 0.137 e. The first kappa shape index (κ1) is 15.1. The van der Waals surface area contributed by atoms with Crippen molar-refractivity contribution in [1.82, 2.24) is 0 Å². The number of fused-ring (bicyclic) bond motifs is 10. The van der Waals surface area contributed by atoms with Crippen LogP contribution in [0.15, 0.2) is 192 Å². The second kappa shape index (κ2) is 12.7. The number of hydrogen-bond donors (Lipinski definition) is 0. The average molecular weight is 803 g/mol. The highest BCUT2D eigenvalue weighted by molar-refractivity contribution is 6.07. The van der Waals surface area contributed by atoms with Gasteiger partial charge in [-0.25, -0.2) is 0 Å². The molecule has 0 radical (unpaired) electrons. The van der Waals surface area contributed by atoms with Crippen LogP contribution < -0.4 is 4.90 Å². The van der Waals surface area contributed by atoms with Gasteiger partial charge in [0, 0.05) is 61.2 Å². The summed E-state index contributed by atoms with van der Waals surface area (Å²) in [4.78, 5) is 0.770. The van der Waals surface area contributed by atoms with Gasteiger partial charge in [0.25, 0.3) is 0 Å². The largest absolute Gasteiger partial charge is 0.456 e. The molecule has 2 nitrogen and oxygen atoms in total. The average Bonchev–Trinajstić information content (AvgIpc) is 1.53. The quantitative estimate of drug-likeness (QED) is 0.172. The fourth-order valence-electron chi connectivity index (χ4n) is 8.16. The number of hydrogen-bond acceptors (Lipinski definition) is 2. The molecular formula is C58H43NO. The molecule has 0 fully saturated rings. The van der Waals surface area contributed by atoms with E-state index in [4.69, 9.17) is 34.6 Å². The van der Waals surface area contributed by atoms with Crippen LogP contribution in [0.25, 0.3) is 77.2 Å². The van der Waals surface area contributed by atoms with Gasteiger partial charge in [-0.3, -0.25) is 0 Å². The van der Waals surface area contributed by atoms with Crippen molar-refractivity contribution in [2.24, 2.45) is 0 Å². The number of rotatable bonds is 5. The highest BCUT2D eigenvalue weighted by atomic mass is 16.3. The zero-order valence-electron chi connectivity index (χ0n) is 63.6. The van der Waals surface area contributed by atoms with Crippen molar-refractivity contribution < 1.29 is 49.7 Å². The highest BCUT2D eigenvalue weighted by Crippen LogP contribution is 2.53. The Bertz CT molecular complexity index is 5040. The van der Waals surface area contributed by atoms with Gasteiger partial charge in [0.2, 0.25) is 0 Å². The number of benzene rings is 9. The minimum absolute atomic E-state index is 0.128. The summed E-state index contributed by atoms with van der Waals surface area (Å²) in [7, 11) is 0. The molecule has 60 heavy (non-hydrogen) atoms. The summed E-state index contributed by atoms with van der Waals surface area (Å²) in [5.74, 6) is 0. The molecule has 0 saturated carbocycles. The zero-order valence-corrected chi connectivity index (χ0v) is 30.6. The normalized spacial score (nSPS) is 23.0. The Morgan fingerprint density at radius 1 is 0.450 bits per heavy atom. The van der Waals surface area contributed by atoms with E-state index in [-0.39, 0.29) is 27.5 Å². The topological polar surface area (TPSA) is 16.4 Å². The molecule has 1 aromatic heterocycles. The predicted molar refractivity (Wildman–Crippen MR) is 252 cm³/mol. The van der Waals surface area contributed by atoms with Crippen LogP contribution in [0.2, 0.25) is 0 Å². The summed E-state index contributed by atoms with van der Waals surface area (Å²) in [5, 5.41) is -1.31. The van der Waals surface area contributed by atoms with Gasteiger partial charge in [0.1, 0.15) is 11.2 Å². The lowest BCUT2D eigenvalue weighted by Gasteiger charge is -2.28. The van der Waals surface area contributed by atoms with Gasteiger partial charge in [0.05, 0.1) is 28.8 Å². The van der Waals surface area contributed by atoms with Crippen LogP contribution in [-0.2, 0) is 10.8 Å². The molecule has 2 heteroatoms. The molecule has 2 aliphatic carbocycles. The van der Waals surface area contributed by atoms with Crippen molar-refractivity contribution in [1.29, 1.82) is 0 Å². The lowest BCUT2D eigenvalue weighted by Crippen LogP contribution is -2.16. The van der Waals surface area contributed by atoms with E-state index in [1.807, 2.05) is 0 Å². The zero-order chi connectivity index (χ0) is 68.6. The van der Waals surface area contributed by atoms with Crippen molar-refractivity contribution in [3.05, 3.63) is 210 Å². The van der Waals surface area contributed by atoms with Crippen LogP contribution in [0, 0.1) is 0 Å². The lowest BCUT2D eigenvalue weighted by atomic mass is 9.81. The molecule has 0 N–H and O–H groups in total. The van der Waals surface area contributed by atoms with Crippen LogP contribution in [-0.4, -0.2) is 0 Å². The molecule has 9 aromatic carbocycles. The SMILES string of the molecule is [2H]c1cc([2H])c2c(c1)-c1c([2H])cc(N(c3cc([2H])c4c(c3)oc3cc([2H])c([2H])c([2H])c34)c3c([2H])c([2H])c([2H])c(-c4cc([2H])c5c([2H])c([2H])cc([2H])c5c4-c4cc([2H])c5c(c4[2H])-c4cc([2H])c([2H])c([2H])c4C5(C([2H])([2H])[2H])C([2H])([2H])[2H])c3[2H])c([2H])c1C2(C([2H])([2H])[2H])C([2H])([2H])[2H]. The maximum absolute atomic E-state index is 10.4. The van der Waals surface area contributed by atoms with Crippen LogP contribution in [0.4, 0.5) is 17.1 Å². The molecule has 0 aliphatic heterocycles. The molecular weight excluding hydrogens is 727 g/mol. The molecule has 10 aromatic rings. The Balaban J connectivity index is 1.27. The third-order valence-corrected chi connectivity index (χ3v) is 10.9. The van der Waals surface area contributed by atoms with Crippen LogP contribution in [0.1, 0.15) is 94.9 Å². The summed E-state index contributed by atoms with van der Waals surface area (Å²) >= 11 is 0. The van der Waals surface area contributed by atoms with Gasteiger partial charge in [-0.05, 0) is 126 Å². The Morgan fingerprint density at radius 3 is 2.17 bits per heavy atom. The van der Waals surface area contributed by atoms with E-state index in [0.29, 0.717) is 0 Å². The van der Waals surface area contributed by atoms with E-state index in [1.54, 1.807) is 0 Å². The Hall–Kier alpha value is -7.16. The first-order valence-electron chi connectivity index (χ1n) is 34.9. The van der Waals surface area contributed by atoms with E-state index in [0.717, 1.165) is 65.6 Å². The summed E-state index contributed by atoms with van der Waals surface area (Å²) in [6.07, 6.45) is 0. The van der Waals surface area contributed by atoms with E-state index >= 15 is 0 Å². The molecule has 286 valence electrons. The van der Waals surface area contributed by atoms with Gasteiger partial charge >= 0.3 is 0 Å². The summed E-state index contributed by atoms with van der Waals surface area (Å²) in [6, 6.07) is -7.47. The number of para-hydroxylation sites is 1. The molecule has 0 unspecified atom stereocenters. The van der Waals surface area contributed by atoms with Crippen molar-refractivity contribution in [2.75, 3.05) is 4.90 Å². The lowest BCUT2D eigenvalue weighted by molar-refractivity contribution is 0.660. The fourth-order valence-corrected chi connectivity index (χ4v) is 8.16. The maximum Gasteiger partial charge on any atom is 0.137 e. The van der Waals surface area contributed by atoms with Crippen molar-refractivity contribution >= 4 is 49.8 Å². The van der Waals surface area contributed by atoms with Gasteiger partial charge in [-0.1, -0.05) is 160 Å². The standard InChI is InChI=1S/C58H43NO/c1-57(2)51-22-11-8-19-45(51)49-33-38(25-31-52(49)57)56-42-17-6-5-14-36(42)24-28-43(56)37-15-13-16-39(32-37)59(41-27-30-48-47-20-9-12-23-54(47)60-55(48)35-41)40-26-29-46-44-18-7-10-21-50(44)58(3,4)53(46)34-40/h5-35H,1-4H3/i1D3,2D3,3D3,4D3,5D,7D,8D,9D,11D,12D,13D,14D,15D,16D,17D,20D,21D,22D,24D,29D,30D,31D,32D,33D,34D. The Labute approximate surface area is 397 Å². The first-order valence-corrected chi connectivity index (χ1v) is 18.4. The minimum atomic E-state index is -3.74. The highest BCUT2D eigenvalue weighted by Gasteiger charge is 2.37. The fraction of sp³-hybridized carbons (Fsp3) is 0.103. The minimum Gasteiger partial charge on any atom is -0.456 e. The maximum atomic E-state index is 10.4. The van der Waals surface area contributed by atoms with E-state index in [9.17, 15) is 15.1 Å². The molecule has 0 saturated heterocycles. The van der Waals surface area contributed by atoms with Crippen LogP contribution in [0.5, 0.6) is 0 Å². The summed E-state index contributed by atoms with van der Waals surface area (Å²) in [6.45, 7) is -14.9. The first-order chi connectivity index (χ1) is 42.9. The Kier molecular flexibility index (Phi) is 3.20. The molecule has 0 atom stereocenters.